The molecule has 4 aliphatic rings. The van der Waals surface area contributed by atoms with Gasteiger partial charge >= 0.3 is 204 Å². The standard InChI is InChI=1S/C25H31I2NO3/c1-15(26)14-28-27(13-16(27)2)24(30)31-18-5-7-19-17(12-18)4-6-21-20(19)10-11-25(3)22(21)8-9-23(25)29/h5,7,12,20-23,29H,1-2,4,6,8-11,13-14H2,3H3. The Morgan fingerprint density at radius 2 is 2.13 bits per heavy atom. The van der Waals surface area contributed by atoms with Crippen molar-refractivity contribution >= 4 is 44.8 Å². The summed E-state index contributed by atoms with van der Waals surface area (Å²) in [5.74, 6) is 2.54. The number of rotatable bonds is 4. The van der Waals surface area contributed by atoms with E-state index in [2.05, 4.69) is 54.8 Å². The monoisotopic (exact) mass is 647 g/mol. The van der Waals surface area contributed by atoms with Crippen molar-refractivity contribution in [3.05, 3.63) is 49.6 Å². The second-order valence-electron chi connectivity index (χ2n) is 9.85. The number of hydrogen-bond donors (Lipinski definition) is 1. The van der Waals surface area contributed by atoms with E-state index < -0.39 is 18.3 Å². The maximum absolute atomic E-state index is 13.0. The Morgan fingerprint density at radius 1 is 1.35 bits per heavy atom. The summed E-state index contributed by atoms with van der Waals surface area (Å²) in [6, 6.07) is 6.28. The molecule has 0 amide bonds. The molecule has 3 fully saturated rings. The molecule has 1 aliphatic heterocycles. The van der Waals surface area contributed by atoms with Gasteiger partial charge in [-0.2, -0.15) is 0 Å². The van der Waals surface area contributed by atoms with Crippen molar-refractivity contribution in [2.75, 3.05) is 11.0 Å². The van der Waals surface area contributed by atoms with Gasteiger partial charge in [-0.3, -0.25) is 0 Å². The third-order valence-corrected chi connectivity index (χ3v) is 15.8. The number of nitrogens with zero attached hydrogens (tertiary/aromatic N) is 1. The number of aryl methyl sites for hydroxylation is 1. The van der Waals surface area contributed by atoms with E-state index in [1.165, 1.54) is 17.5 Å². The van der Waals surface area contributed by atoms with Crippen LogP contribution >= 0.6 is 40.9 Å². The van der Waals surface area contributed by atoms with Crippen LogP contribution in [0.15, 0.2) is 41.7 Å². The van der Waals surface area contributed by atoms with Crippen molar-refractivity contribution in [1.29, 1.82) is 0 Å². The van der Waals surface area contributed by atoms with Crippen LogP contribution in [0.5, 0.6) is 5.75 Å². The first-order valence-electron chi connectivity index (χ1n) is 11.2. The van der Waals surface area contributed by atoms with E-state index in [0.29, 0.717) is 30.0 Å². The summed E-state index contributed by atoms with van der Waals surface area (Å²) in [6.45, 7) is 10.8. The fourth-order valence-corrected chi connectivity index (χ4v) is 13.7. The van der Waals surface area contributed by atoms with E-state index in [1.807, 2.05) is 6.07 Å². The van der Waals surface area contributed by atoms with Crippen LogP contribution in [-0.2, 0) is 6.42 Å². The Labute approximate surface area is 202 Å². The van der Waals surface area contributed by atoms with Gasteiger partial charge in [-0.25, -0.2) is 0 Å². The molecule has 2 saturated carbocycles. The molecule has 0 bridgehead atoms. The number of halogens is 2. The minimum absolute atomic E-state index is 0.105. The van der Waals surface area contributed by atoms with Gasteiger partial charge in [0.25, 0.3) is 0 Å². The molecule has 31 heavy (non-hydrogen) atoms. The van der Waals surface area contributed by atoms with Crippen molar-refractivity contribution < 1.29 is 14.6 Å². The first-order valence-corrected chi connectivity index (χ1v) is 16.9. The summed E-state index contributed by atoms with van der Waals surface area (Å²) in [5, 5.41) is 10.6. The number of aliphatic hydroxyl groups excluding tert-OH is 1. The fourth-order valence-electron chi connectivity index (χ4n) is 6.44. The van der Waals surface area contributed by atoms with Gasteiger partial charge in [0.2, 0.25) is 0 Å². The van der Waals surface area contributed by atoms with Crippen molar-refractivity contribution in [2.24, 2.45) is 20.4 Å². The van der Waals surface area contributed by atoms with Gasteiger partial charge in [-0.05, 0) is 0 Å². The zero-order valence-electron chi connectivity index (χ0n) is 18.1. The van der Waals surface area contributed by atoms with E-state index in [0.717, 1.165) is 43.7 Å². The topological polar surface area (TPSA) is 58.9 Å². The van der Waals surface area contributed by atoms with E-state index in [-0.39, 0.29) is 15.5 Å². The predicted octanol–water partition coefficient (Wildman–Crippen LogP) is 7.10. The van der Waals surface area contributed by atoms with Gasteiger partial charge in [0.1, 0.15) is 0 Å². The van der Waals surface area contributed by atoms with Crippen LogP contribution in [0.1, 0.15) is 56.1 Å². The van der Waals surface area contributed by atoms with Gasteiger partial charge in [0, 0.05) is 0 Å². The second kappa shape index (κ2) is 8.01. The Balaban J connectivity index is 1.35. The van der Waals surface area contributed by atoms with E-state index in [9.17, 15) is 9.90 Å². The Kier molecular flexibility index (Phi) is 5.73. The summed E-state index contributed by atoms with van der Waals surface area (Å²) >= 11 is -0.844. The maximum atomic E-state index is 13.0. The quantitative estimate of drug-likeness (QED) is 0.216. The molecule has 4 nitrogen and oxygen atoms in total. The fraction of sp³-hybridized carbons (Fsp3) is 0.560. The number of alkyl halides is 1. The number of ether oxygens (including phenoxy) is 1. The van der Waals surface area contributed by atoms with Gasteiger partial charge < -0.3 is 0 Å². The summed E-state index contributed by atoms with van der Waals surface area (Å²) in [6.07, 6.45) is 6.45. The average molecular weight is 647 g/mol. The number of hydrogen-bond acceptors (Lipinski definition) is 4. The van der Waals surface area contributed by atoms with Crippen LogP contribution in [0.25, 0.3) is 0 Å². The van der Waals surface area contributed by atoms with Crippen molar-refractivity contribution in [2.45, 2.75) is 57.5 Å². The van der Waals surface area contributed by atoms with Crippen LogP contribution in [0.4, 0.5) is 4.79 Å². The van der Waals surface area contributed by atoms with Crippen molar-refractivity contribution in [3.8, 4) is 5.75 Å². The van der Waals surface area contributed by atoms with E-state index >= 15 is 0 Å². The average Bonchev–Trinajstić information content (AvgIpc) is 3.31. The molecule has 1 N–H and O–H groups in total. The molecule has 168 valence electrons. The molecule has 0 spiro atoms. The normalized spacial score (nSPS) is 40.0. The van der Waals surface area contributed by atoms with Crippen molar-refractivity contribution in [1.82, 2.24) is 0 Å². The number of carbonyl (C=O) groups excluding carboxylic acids is 1. The zero-order chi connectivity index (χ0) is 22.0. The first-order chi connectivity index (χ1) is 14.7. The molecule has 0 aromatic heterocycles. The molecular weight excluding hydrogens is 616 g/mol. The third kappa shape index (κ3) is 3.68. The Hall–Kier alpha value is -0.610. The number of benzene rings is 1. The zero-order valence-corrected chi connectivity index (χ0v) is 22.4. The van der Waals surface area contributed by atoms with Crippen LogP contribution in [-0.4, -0.2) is 26.2 Å². The summed E-state index contributed by atoms with van der Waals surface area (Å²) in [5.41, 5.74) is 2.88. The van der Waals surface area contributed by atoms with Gasteiger partial charge in [-0.15, -0.1) is 0 Å². The SMILES string of the molecule is C=C(I)CN=I1(C(=O)Oc2ccc3c(c2)CCC2C3CCC3(C)C(O)CCC23)CC1=C. The molecule has 6 unspecified atom stereocenters. The molecule has 0 radical (unpaired) electrons. The number of carbonyl (C=O) groups is 1. The Bertz CT molecular complexity index is 1030. The van der Waals surface area contributed by atoms with Crippen LogP contribution in [0.2, 0.25) is 0 Å². The molecule has 5 rings (SSSR count). The molecule has 1 aromatic carbocycles. The Morgan fingerprint density at radius 3 is 2.84 bits per heavy atom. The van der Waals surface area contributed by atoms with Crippen LogP contribution in [0, 0.1) is 17.3 Å². The van der Waals surface area contributed by atoms with Gasteiger partial charge in [0.15, 0.2) is 0 Å². The van der Waals surface area contributed by atoms with Crippen LogP contribution in [0.3, 0.4) is 0 Å². The molecule has 1 saturated heterocycles. The number of aliphatic hydroxyl groups is 1. The van der Waals surface area contributed by atoms with E-state index in [4.69, 9.17) is 7.88 Å². The van der Waals surface area contributed by atoms with E-state index in [1.54, 1.807) is 0 Å². The molecule has 1 aromatic rings. The number of fused-ring (bicyclic) bond motifs is 5. The second-order valence-corrected chi connectivity index (χ2v) is 18.9. The molecular formula is C25H31I2NO3. The summed E-state index contributed by atoms with van der Waals surface area (Å²) < 4.78 is 13.1. The van der Waals surface area contributed by atoms with Gasteiger partial charge in [0.05, 0.1) is 0 Å². The van der Waals surface area contributed by atoms with Crippen LogP contribution < -0.4 is 4.74 Å². The summed E-state index contributed by atoms with van der Waals surface area (Å²) in [4.78, 5) is 13.0. The molecule has 6 heteroatoms. The summed E-state index contributed by atoms with van der Waals surface area (Å²) in [7, 11) is 0. The third-order valence-electron chi connectivity index (χ3n) is 8.24. The predicted molar refractivity (Wildman–Crippen MR) is 142 cm³/mol. The molecule has 6 atom stereocenters. The number of allylic oxidation sites excluding steroid dienone is 1. The minimum atomic E-state index is -3.00. The molecule has 3 aliphatic carbocycles. The van der Waals surface area contributed by atoms with Crippen molar-refractivity contribution in [3.63, 3.8) is 0 Å². The first kappa shape index (κ1) is 22.2. The van der Waals surface area contributed by atoms with Gasteiger partial charge in [-0.1, -0.05) is 0 Å². The molecule has 1 heterocycles.